The van der Waals surface area contributed by atoms with E-state index >= 15 is 0 Å². The fourth-order valence-corrected chi connectivity index (χ4v) is 1.12. The molecule has 8 N–H and O–H groups in total. The van der Waals surface area contributed by atoms with Crippen molar-refractivity contribution in [3.05, 3.63) is 0 Å². The van der Waals surface area contributed by atoms with Crippen molar-refractivity contribution in [2.45, 2.75) is 30.6 Å². The molecule has 0 bridgehead atoms. The van der Waals surface area contributed by atoms with Gasteiger partial charge in [-0.3, -0.25) is 9.11 Å². The predicted molar refractivity (Wildman–Crippen MR) is 52.1 cm³/mol. The third kappa shape index (κ3) is 9.96. The number of aliphatic hydroxyl groups excluding tert-OH is 4. The molecule has 10 nitrogen and oxygen atoms in total. The van der Waals surface area contributed by atoms with Crippen molar-refractivity contribution in [3.63, 3.8) is 0 Å². The van der Waals surface area contributed by atoms with Crippen molar-refractivity contribution in [3.8, 4) is 0 Å². The fourth-order valence-electron chi connectivity index (χ4n) is 1.12. The van der Waals surface area contributed by atoms with Gasteiger partial charge in [-0.2, -0.15) is 8.42 Å². The maximum atomic E-state index is 9.20. The van der Waals surface area contributed by atoms with Crippen LogP contribution in [0, 0.1) is 0 Å². The first kappa shape index (κ1) is 24.5. The van der Waals surface area contributed by atoms with E-state index in [2.05, 4.69) is 0 Å². The molecule has 0 aromatic rings. The second-order valence-electron chi connectivity index (χ2n) is 3.25. The second kappa shape index (κ2) is 10.3. The Hall–Kier alpha value is 0.517. The van der Waals surface area contributed by atoms with Gasteiger partial charge in [0.1, 0.15) is 18.3 Å². The first-order chi connectivity index (χ1) is 7.57. The Morgan fingerprint density at radius 3 is 1.79 bits per heavy atom. The first-order valence-corrected chi connectivity index (χ1v) is 5.73. The maximum Gasteiger partial charge on any atom is 1.00 e. The van der Waals surface area contributed by atoms with E-state index in [-0.39, 0.29) is 31.3 Å². The van der Waals surface area contributed by atoms with Crippen LogP contribution < -0.4 is 37.0 Å². The SMILES string of the molecule is N[C@H]1C(O)O[C@H](CO)[C@@H](O)[C@@H]1O.O=S(=O)(O)O.[Cl-].[Li+]. The summed E-state index contributed by atoms with van der Waals surface area (Å²) in [7, 11) is -4.67. The van der Waals surface area contributed by atoms with Crippen LogP contribution in [0.2, 0.25) is 0 Å². The number of nitrogens with two attached hydrogens (primary N) is 1. The minimum Gasteiger partial charge on any atom is -1.00 e. The Labute approximate surface area is 127 Å². The minimum atomic E-state index is -4.67. The van der Waals surface area contributed by atoms with E-state index < -0.39 is 47.6 Å². The zero-order chi connectivity index (χ0) is 13.8. The summed E-state index contributed by atoms with van der Waals surface area (Å²) in [6, 6.07) is -1.04. The smallest absolute Gasteiger partial charge is 1.00 e. The molecular formula is C6H15ClLiNO9S. The molecule has 0 aromatic heterocycles. The summed E-state index contributed by atoms with van der Waals surface area (Å²) < 4.78 is 36.3. The van der Waals surface area contributed by atoms with Crippen molar-refractivity contribution in [2.24, 2.45) is 5.73 Å². The second-order valence-corrected chi connectivity index (χ2v) is 4.15. The van der Waals surface area contributed by atoms with Gasteiger partial charge in [0, 0.05) is 0 Å². The standard InChI is InChI=1S/C6H13NO5.ClH.Li.H2O4S/c7-3-5(10)4(9)2(1-8)12-6(3)11;;;1-5(2,3)4/h2-6,8-11H,1,7H2;1H;;(H2,1,2,3,4)/q;;+1;/p-1/t2-,3-,4-,5-,6?;;;/m1.../s1. The summed E-state index contributed by atoms with van der Waals surface area (Å²) in [5.74, 6) is 0. The van der Waals surface area contributed by atoms with Gasteiger partial charge in [0.05, 0.1) is 12.6 Å². The van der Waals surface area contributed by atoms with Gasteiger partial charge >= 0.3 is 29.3 Å². The molecule has 1 fully saturated rings. The molecule has 0 amide bonds. The minimum absolute atomic E-state index is 0. The zero-order valence-electron chi connectivity index (χ0n) is 9.87. The molecule has 1 unspecified atom stereocenters. The van der Waals surface area contributed by atoms with Crippen LogP contribution in [-0.4, -0.2) is 75.2 Å². The van der Waals surface area contributed by atoms with Gasteiger partial charge in [0.15, 0.2) is 6.29 Å². The quantitative estimate of drug-likeness (QED) is 0.180. The van der Waals surface area contributed by atoms with Crippen molar-refractivity contribution in [1.82, 2.24) is 0 Å². The average Bonchev–Trinajstić information content (AvgIpc) is 2.18. The number of rotatable bonds is 1. The third-order valence-corrected chi connectivity index (χ3v) is 1.95. The van der Waals surface area contributed by atoms with Crippen molar-refractivity contribution in [2.75, 3.05) is 6.61 Å². The molecule has 0 spiro atoms. The van der Waals surface area contributed by atoms with Crippen molar-refractivity contribution >= 4 is 10.4 Å². The van der Waals surface area contributed by atoms with Gasteiger partial charge in [-0.25, -0.2) is 0 Å². The van der Waals surface area contributed by atoms with Crippen LogP contribution in [0.3, 0.4) is 0 Å². The van der Waals surface area contributed by atoms with E-state index in [1.165, 1.54) is 0 Å². The molecule has 112 valence electrons. The Morgan fingerprint density at radius 2 is 1.47 bits per heavy atom. The Bertz CT molecular complexity index is 318. The van der Waals surface area contributed by atoms with Crippen LogP contribution >= 0.6 is 0 Å². The Kier molecular flexibility index (Phi) is 13.3. The van der Waals surface area contributed by atoms with Gasteiger partial charge < -0.3 is 43.3 Å². The monoisotopic (exact) mass is 319 g/mol. The third-order valence-electron chi connectivity index (χ3n) is 1.95. The molecule has 0 aliphatic carbocycles. The van der Waals surface area contributed by atoms with E-state index in [4.69, 9.17) is 38.2 Å². The number of hydrogen-bond acceptors (Lipinski definition) is 8. The van der Waals surface area contributed by atoms with E-state index in [1.807, 2.05) is 0 Å². The van der Waals surface area contributed by atoms with Crippen LogP contribution in [0.1, 0.15) is 0 Å². The van der Waals surface area contributed by atoms with Gasteiger partial charge in [0.25, 0.3) is 0 Å². The maximum absolute atomic E-state index is 9.20. The predicted octanol–water partition coefficient (Wildman–Crippen LogP) is -9.90. The summed E-state index contributed by atoms with van der Waals surface area (Å²) in [6.45, 7) is -0.470. The molecule has 1 saturated heterocycles. The van der Waals surface area contributed by atoms with Crippen LogP contribution in [0.25, 0.3) is 0 Å². The van der Waals surface area contributed by atoms with E-state index in [0.717, 1.165) is 0 Å². The van der Waals surface area contributed by atoms with Crippen LogP contribution in [0.5, 0.6) is 0 Å². The number of ether oxygens (including phenoxy) is 1. The first-order valence-electron chi connectivity index (χ1n) is 4.34. The zero-order valence-corrected chi connectivity index (χ0v) is 11.4. The van der Waals surface area contributed by atoms with E-state index in [0.29, 0.717) is 0 Å². The summed E-state index contributed by atoms with van der Waals surface area (Å²) in [6.07, 6.45) is -4.85. The van der Waals surface area contributed by atoms with Crippen molar-refractivity contribution < 1.29 is 74.0 Å². The van der Waals surface area contributed by atoms with Gasteiger partial charge in [-0.1, -0.05) is 0 Å². The van der Waals surface area contributed by atoms with E-state index in [1.54, 1.807) is 0 Å². The molecule has 0 radical (unpaired) electrons. The summed E-state index contributed by atoms with van der Waals surface area (Å²) in [5.41, 5.74) is 5.26. The summed E-state index contributed by atoms with van der Waals surface area (Å²) in [4.78, 5) is 0. The summed E-state index contributed by atoms with van der Waals surface area (Å²) in [5, 5.41) is 36.1. The molecular weight excluding hydrogens is 305 g/mol. The molecule has 0 aromatic carbocycles. The number of aliphatic hydroxyl groups is 4. The largest absolute Gasteiger partial charge is 1.00 e. The van der Waals surface area contributed by atoms with Crippen LogP contribution in [0.4, 0.5) is 0 Å². The average molecular weight is 320 g/mol. The summed E-state index contributed by atoms with van der Waals surface area (Å²) >= 11 is 0. The van der Waals surface area contributed by atoms with Crippen molar-refractivity contribution in [1.29, 1.82) is 0 Å². The van der Waals surface area contributed by atoms with Gasteiger partial charge in [-0.15, -0.1) is 0 Å². The van der Waals surface area contributed by atoms with Gasteiger partial charge in [0.2, 0.25) is 0 Å². The fraction of sp³-hybridized carbons (Fsp3) is 1.00. The Balaban J connectivity index is -0.000000320. The van der Waals surface area contributed by atoms with Crippen LogP contribution in [-0.2, 0) is 15.1 Å². The van der Waals surface area contributed by atoms with Gasteiger partial charge in [-0.05, 0) is 0 Å². The molecule has 1 aliphatic heterocycles. The normalized spacial score (nSPS) is 34.2. The molecule has 1 rings (SSSR count). The Morgan fingerprint density at radius 1 is 1.11 bits per heavy atom. The molecule has 19 heavy (non-hydrogen) atoms. The number of halogens is 1. The van der Waals surface area contributed by atoms with Crippen LogP contribution in [0.15, 0.2) is 0 Å². The van der Waals surface area contributed by atoms with E-state index in [9.17, 15) is 10.2 Å². The molecule has 1 aliphatic rings. The molecule has 13 heteroatoms. The topological polar surface area (TPSA) is 191 Å². The molecule has 0 saturated carbocycles. The molecule has 5 atom stereocenters. The number of hydrogen-bond donors (Lipinski definition) is 7. The molecule has 1 heterocycles.